The zero-order valence-corrected chi connectivity index (χ0v) is 12.7. The molecule has 1 saturated heterocycles. The molecule has 0 atom stereocenters. The highest BCUT2D eigenvalue weighted by Gasteiger charge is 2.18. The van der Waals surface area contributed by atoms with E-state index in [1.54, 1.807) is 6.07 Å². The predicted octanol–water partition coefficient (Wildman–Crippen LogP) is 1.76. The van der Waals surface area contributed by atoms with Gasteiger partial charge in [-0.05, 0) is 13.0 Å². The Kier molecular flexibility index (Phi) is 4.98. The second-order valence-corrected chi connectivity index (χ2v) is 5.27. The molecule has 0 bridgehead atoms. The molecule has 112 valence electrons. The average Bonchev–Trinajstić information content (AvgIpc) is 2.87. The number of carbonyl (C=O) groups excluding carboxylic acids is 1. The van der Waals surface area contributed by atoms with Crippen LogP contribution in [0, 0.1) is 12.8 Å². The summed E-state index contributed by atoms with van der Waals surface area (Å²) in [5, 5.41) is 13.1. The molecule has 0 unspecified atom stereocenters. The highest BCUT2D eigenvalue weighted by Crippen LogP contribution is 2.18. The van der Waals surface area contributed by atoms with E-state index < -0.39 is 0 Å². The van der Waals surface area contributed by atoms with Gasteiger partial charge in [-0.1, -0.05) is 29.8 Å². The lowest BCUT2D eigenvalue weighted by Gasteiger charge is -2.26. The summed E-state index contributed by atoms with van der Waals surface area (Å²) in [6.07, 6.45) is 0. The molecule has 1 aliphatic rings. The van der Waals surface area contributed by atoms with Crippen molar-refractivity contribution in [3.63, 3.8) is 0 Å². The minimum atomic E-state index is -0.0947. The Morgan fingerprint density at radius 2 is 2.05 bits per heavy atom. The van der Waals surface area contributed by atoms with Crippen molar-refractivity contribution in [2.45, 2.75) is 6.92 Å². The number of aromatic amines is 1. The van der Waals surface area contributed by atoms with Crippen LogP contribution in [0.15, 0.2) is 30.3 Å². The highest BCUT2D eigenvalue weighted by molar-refractivity contribution is 5.93. The lowest BCUT2D eigenvalue weighted by atomic mass is 10.0. The van der Waals surface area contributed by atoms with Crippen LogP contribution in [0.5, 0.6) is 0 Å². The smallest absolute Gasteiger partial charge is 0.269 e. The summed E-state index contributed by atoms with van der Waals surface area (Å²) in [7, 11) is 0. The summed E-state index contributed by atoms with van der Waals surface area (Å²) >= 11 is 0. The molecule has 6 heteroatoms. The quantitative estimate of drug-likeness (QED) is 0.806. The SMILES string of the molecule is Cc1ccc(-c2cc(C(=O)NCC3CNC3)[nH]n2)cc1.Cl. The number of amides is 1. The molecule has 2 aromatic rings. The van der Waals surface area contributed by atoms with E-state index in [1.807, 2.05) is 31.2 Å². The number of nitrogens with one attached hydrogen (secondary N) is 3. The number of aryl methyl sites for hydroxylation is 1. The van der Waals surface area contributed by atoms with Crippen LogP contribution in [-0.2, 0) is 0 Å². The predicted molar refractivity (Wildman–Crippen MR) is 84.7 cm³/mol. The standard InChI is InChI=1S/C15H18N4O.ClH/c1-10-2-4-12(5-3-10)13-6-14(19-18-13)15(20)17-9-11-7-16-8-11;/h2-6,11,16H,7-9H2,1H3,(H,17,20)(H,18,19);1H. The number of aromatic nitrogens is 2. The summed E-state index contributed by atoms with van der Waals surface area (Å²) in [5.74, 6) is 0.459. The third-order valence-electron chi connectivity index (χ3n) is 3.59. The second kappa shape index (κ2) is 6.74. The van der Waals surface area contributed by atoms with E-state index in [1.165, 1.54) is 5.56 Å². The van der Waals surface area contributed by atoms with Gasteiger partial charge in [0.15, 0.2) is 0 Å². The van der Waals surface area contributed by atoms with Gasteiger partial charge in [0.05, 0.1) is 5.69 Å². The van der Waals surface area contributed by atoms with Crippen LogP contribution in [0.4, 0.5) is 0 Å². The first kappa shape index (κ1) is 15.5. The van der Waals surface area contributed by atoms with Gasteiger partial charge in [-0.25, -0.2) is 0 Å². The van der Waals surface area contributed by atoms with Crippen LogP contribution in [0.2, 0.25) is 0 Å². The van der Waals surface area contributed by atoms with Crippen LogP contribution >= 0.6 is 12.4 Å². The molecule has 3 N–H and O–H groups in total. The number of benzene rings is 1. The number of nitrogens with zero attached hydrogens (tertiary/aromatic N) is 1. The highest BCUT2D eigenvalue weighted by atomic mass is 35.5. The Bertz CT molecular complexity index is 604. The van der Waals surface area contributed by atoms with Gasteiger partial charge in [-0.15, -0.1) is 12.4 Å². The van der Waals surface area contributed by atoms with Gasteiger partial charge in [-0.3, -0.25) is 9.89 Å². The molecule has 2 heterocycles. The Labute approximate surface area is 129 Å². The first-order chi connectivity index (χ1) is 9.72. The molecule has 1 fully saturated rings. The molecule has 1 aliphatic heterocycles. The van der Waals surface area contributed by atoms with Gasteiger partial charge in [0.25, 0.3) is 5.91 Å². The van der Waals surface area contributed by atoms with Crippen molar-refractivity contribution in [3.8, 4) is 11.3 Å². The van der Waals surface area contributed by atoms with Crippen LogP contribution in [0.3, 0.4) is 0 Å². The van der Waals surface area contributed by atoms with Crippen LogP contribution in [0.1, 0.15) is 16.1 Å². The fourth-order valence-corrected chi connectivity index (χ4v) is 2.14. The number of H-pyrrole nitrogens is 1. The van der Waals surface area contributed by atoms with Gasteiger partial charge in [0.1, 0.15) is 5.69 Å². The molecule has 1 aromatic heterocycles. The zero-order valence-electron chi connectivity index (χ0n) is 11.8. The normalized spacial score (nSPS) is 14.1. The Hall–Kier alpha value is -1.85. The van der Waals surface area contributed by atoms with Crippen LogP contribution < -0.4 is 10.6 Å². The zero-order chi connectivity index (χ0) is 13.9. The van der Waals surface area contributed by atoms with E-state index in [-0.39, 0.29) is 18.3 Å². The molecule has 1 amide bonds. The van der Waals surface area contributed by atoms with E-state index in [0.717, 1.165) is 24.3 Å². The molecule has 0 spiro atoms. The maximum atomic E-state index is 12.0. The fourth-order valence-electron chi connectivity index (χ4n) is 2.14. The van der Waals surface area contributed by atoms with Gasteiger partial charge >= 0.3 is 0 Å². The fraction of sp³-hybridized carbons (Fsp3) is 0.333. The molecule has 21 heavy (non-hydrogen) atoms. The Balaban J connectivity index is 0.00000161. The first-order valence-electron chi connectivity index (χ1n) is 6.84. The Morgan fingerprint density at radius 3 is 2.67 bits per heavy atom. The summed E-state index contributed by atoms with van der Waals surface area (Å²) in [4.78, 5) is 12.0. The van der Waals surface area contributed by atoms with E-state index in [9.17, 15) is 4.79 Å². The number of rotatable bonds is 4. The van der Waals surface area contributed by atoms with Gasteiger partial charge in [0.2, 0.25) is 0 Å². The summed E-state index contributed by atoms with van der Waals surface area (Å²) in [6, 6.07) is 9.88. The summed E-state index contributed by atoms with van der Waals surface area (Å²) < 4.78 is 0. The maximum Gasteiger partial charge on any atom is 0.269 e. The van der Waals surface area contributed by atoms with Gasteiger partial charge in [0, 0.05) is 31.1 Å². The molecule has 3 rings (SSSR count). The van der Waals surface area contributed by atoms with Crippen molar-refractivity contribution < 1.29 is 4.79 Å². The largest absolute Gasteiger partial charge is 0.350 e. The van der Waals surface area contributed by atoms with Crippen molar-refractivity contribution in [1.29, 1.82) is 0 Å². The average molecular weight is 307 g/mol. The minimum absolute atomic E-state index is 0. The molecule has 5 nitrogen and oxygen atoms in total. The lowest BCUT2D eigenvalue weighted by molar-refractivity contribution is 0.0937. The molecule has 0 radical (unpaired) electrons. The van der Waals surface area contributed by atoms with E-state index in [0.29, 0.717) is 18.2 Å². The van der Waals surface area contributed by atoms with Crippen molar-refractivity contribution in [3.05, 3.63) is 41.6 Å². The van der Waals surface area contributed by atoms with Crippen molar-refractivity contribution in [1.82, 2.24) is 20.8 Å². The van der Waals surface area contributed by atoms with Crippen molar-refractivity contribution in [2.24, 2.45) is 5.92 Å². The van der Waals surface area contributed by atoms with E-state index in [4.69, 9.17) is 0 Å². The van der Waals surface area contributed by atoms with E-state index >= 15 is 0 Å². The van der Waals surface area contributed by atoms with Crippen molar-refractivity contribution >= 4 is 18.3 Å². The number of hydrogen-bond donors (Lipinski definition) is 3. The number of carbonyl (C=O) groups is 1. The summed E-state index contributed by atoms with van der Waals surface area (Å²) in [6.45, 7) is 4.73. The van der Waals surface area contributed by atoms with Gasteiger partial charge in [-0.2, -0.15) is 5.10 Å². The molecular formula is C15H19ClN4O. The van der Waals surface area contributed by atoms with Gasteiger partial charge < -0.3 is 10.6 Å². The monoisotopic (exact) mass is 306 g/mol. The molecule has 0 saturated carbocycles. The minimum Gasteiger partial charge on any atom is -0.350 e. The third kappa shape index (κ3) is 3.62. The molecular weight excluding hydrogens is 288 g/mol. The first-order valence-corrected chi connectivity index (χ1v) is 6.84. The topological polar surface area (TPSA) is 69.8 Å². The van der Waals surface area contributed by atoms with Crippen molar-refractivity contribution in [2.75, 3.05) is 19.6 Å². The summed E-state index contributed by atoms with van der Waals surface area (Å²) in [5.41, 5.74) is 3.51. The van der Waals surface area contributed by atoms with E-state index in [2.05, 4.69) is 20.8 Å². The maximum absolute atomic E-state index is 12.0. The second-order valence-electron chi connectivity index (χ2n) is 5.27. The van der Waals surface area contributed by atoms with Crippen LogP contribution in [-0.4, -0.2) is 35.7 Å². The molecule has 0 aliphatic carbocycles. The number of hydrogen-bond acceptors (Lipinski definition) is 3. The van der Waals surface area contributed by atoms with Crippen LogP contribution in [0.25, 0.3) is 11.3 Å². The number of halogens is 1. The Morgan fingerprint density at radius 1 is 1.33 bits per heavy atom. The third-order valence-corrected chi connectivity index (χ3v) is 3.59. The molecule has 1 aromatic carbocycles. The lowest BCUT2D eigenvalue weighted by Crippen LogP contribution is -2.48.